The van der Waals surface area contributed by atoms with Crippen LogP contribution in [0, 0.1) is 12.7 Å². The summed E-state index contributed by atoms with van der Waals surface area (Å²) in [7, 11) is 0. The molecule has 0 bridgehead atoms. The molecule has 116 valence electrons. The molecule has 6 heteroatoms. The predicted molar refractivity (Wildman–Crippen MR) is 85.9 cm³/mol. The van der Waals surface area contributed by atoms with Crippen LogP contribution in [0.2, 0.25) is 0 Å². The van der Waals surface area contributed by atoms with Crippen LogP contribution >= 0.6 is 11.8 Å². The molecular weight excluding hydrogens is 315 g/mol. The molecule has 0 aliphatic heterocycles. The second-order valence-corrected chi connectivity index (χ2v) is 5.86. The van der Waals surface area contributed by atoms with E-state index in [2.05, 4.69) is 10.2 Å². The van der Waals surface area contributed by atoms with Crippen LogP contribution < -0.4 is 0 Å². The highest BCUT2D eigenvalue weighted by Gasteiger charge is 2.14. The zero-order valence-corrected chi connectivity index (χ0v) is 13.1. The van der Waals surface area contributed by atoms with Gasteiger partial charge in [0.15, 0.2) is 5.78 Å². The summed E-state index contributed by atoms with van der Waals surface area (Å²) in [6.45, 7) is 1.99. The van der Waals surface area contributed by atoms with E-state index < -0.39 is 5.82 Å². The van der Waals surface area contributed by atoms with Gasteiger partial charge in [-0.05, 0) is 31.2 Å². The van der Waals surface area contributed by atoms with E-state index in [1.54, 1.807) is 12.1 Å². The topological polar surface area (TPSA) is 56.0 Å². The molecule has 23 heavy (non-hydrogen) atoms. The first-order valence-corrected chi connectivity index (χ1v) is 7.93. The lowest BCUT2D eigenvalue weighted by molar-refractivity contribution is 0.101. The Morgan fingerprint density at radius 2 is 1.87 bits per heavy atom. The van der Waals surface area contributed by atoms with Crippen LogP contribution in [0.5, 0.6) is 0 Å². The fourth-order valence-electron chi connectivity index (χ4n) is 1.97. The van der Waals surface area contributed by atoms with E-state index in [0.717, 1.165) is 22.9 Å². The number of carbonyl (C=O) groups excluding carboxylic acids is 1. The van der Waals surface area contributed by atoms with Crippen LogP contribution in [0.25, 0.3) is 11.5 Å². The Kier molecular flexibility index (Phi) is 4.52. The molecule has 0 unspecified atom stereocenters. The summed E-state index contributed by atoms with van der Waals surface area (Å²) in [5.74, 6) is -0.408. The number of hydrogen-bond donors (Lipinski definition) is 0. The van der Waals surface area contributed by atoms with Crippen molar-refractivity contribution in [1.29, 1.82) is 0 Å². The molecule has 1 aromatic heterocycles. The van der Waals surface area contributed by atoms with Crippen LogP contribution in [-0.2, 0) is 0 Å². The molecule has 0 saturated heterocycles. The van der Waals surface area contributed by atoms with Gasteiger partial charge >= 0.3 is 0 Å². The van der Waals surface area contributed by atoms with Crippen molar-refractivity contribution in [3.63, 3.8) is 0 Å². The lowest BCUT2D eigenvalue weighted by Gasteiger charge is -2.00. The molecule has 0 fully saturated rings. The Labute approximate surface area is 136 Å². The van der Waals surface area contributed by atoms with Crippen molar-refractivity contribution in [1.82, 2.24) is 10.2 Å². The summed E-state index contributed by atoms with van der Waals surface area (Å²) in [5.41, 5.74) is 2.02. The molecule has 2 aromatic carbocycles. The van der Waals surface area contributed by atoms with Crippen molar-refractivity contribution in [2.24, 2.45) is 0 Å². The van der Waals surface area contributed by atoms with Crippen LogP contribution in [0.1, 0.15) is 15.9 Å². The van der Waals surface area contributed by atoms with Crippen molar-refractivity contribution in [2.75, 3.05) is 5.75 Å². The van der Waals surface area contributed by atoms with E-state index >= 15 is 0 Å². The molecule has 0 radical (unpaired) electrons. The van der Waals surface area contributed by atoms with Gasteiger partial charge in [0.1, 0.15) is 5.82 Å². The highest BCUT2D eigenvalue weighted by molar-refractivity contribution is 7.99. The van der Waals surface area contributed by atoms with Gasteiger partial charge in [-0.3, -0.25) is 4.79 Å². The Hall–Kier alpha value is -2.47. The van der Waals surface area contributed by atoms with Crippen molar-refractivity contribution >= 4 is 17.5 Å². The van der Waals surface area contributed by atoms with Crippen LogP contribution in [0.4, 0.5) is 4.39 Å². The number of nitrogens with zero attached hydrogens (tertiary/aromatic N) is 2. The number of hydrogen-bond acceptors (Lipinski definition) is 5. The Balaban J connectivity index is 1.67. The molecule has 0 amide bonds. The molecule has 4 nitrogen and oxygen atoms in total. The molecule has 0 aliphatic rings. The van der Waals surface area contributed by atoms with Crippen LogP contribution in [-0.4, -0.2) is 21.7 Å². The van der Waals surface area contributed by atoms with Crippen molar-refractivity contribution in [2.45, 2.75) is 12.1 Å². The summed E-state index contributed by atoms with van der Waals surface area (Å²) < 4.78 is 19.1. The van der Waals surface area contributed by atoms with Gasteiger partial charge in [-0.25, -0.2) is 4.39 Å². The molecular formula is C17H13FN2O2S. The number of rotatable bonds is 5. The predicted octanol–water partition coefficient (Wildman–Crippen LogP) is 4.16. The standard InChI is InChI=1S/C17H13FN2O2S/c1-11-6-8-12(9-7-11)16-19-20-17(22-16)23-10-15(21)13-4-2-3-5-14(13)18/h2-9H,10H2,1H3. The van der Waals surface area contributed by atoms with E-state index in [1.807, 2.05) is 31.2 Å². The first kappa shape index (κ1) is 15.4. The SMILES string of the molecule is Cc1ccc(-c2nnc(SCC(=O)c3ccccc3F)o2)cc1. The minimum atomic E-state index is -0.524. The molecule has 1 heterocycles. The van der Waals surface area contributed by atoms with Gasteiger partial charge in [0.25, 0.3) is 5.22 Å². The zero-order valence-electron chi connectivity index (χ0n) is 12.3. The number of benzene rings is 2. The van der Waals surface area contributed by atoms with Crippen LogP contribution in [0.3, 0.4) is 0 Å². The molecule has 0 atom stereocenters. The maximum atomic E-state index is 13.5. The quantitative estimate of drug-likeness (QED) is 0.520. The molecule has 3 aromatic rings. The van der Waals surface area contributed by atoms with Crippen molar-refractivity contribution < 1.29 is 13.6 Å². The summed E-state index contributed by atoms with van der Waals surface area (Å²) in [6, 6.07) is 13.6. The number of halogens is 1. The maximum Gasteiger partial charge on any atom is 0.277 e. The number of ketones is 1. The Morgan fingerprint density at radius 3 is 2.61 bits per heavy atom. The number of Topliss-reactive ketones (excluding diaryl/α,β-unsaturated/α-hetero) is 1. The number of thioether (sulfide) groups is 1. The third-order valence-electron chi connectivity index (χ3n) is 3.21. The first-order chi connectivity index (χ1) is 11.1. The van der Waals surface area contributed by atoms with E-state index in [1.165, 1.54) is 12.1 Å². The third-order valence-corrected chi connectivity index (χ3v) is 4.02. The van der Waals surface area contributed by atoms with Gasteiger partial charge in [0, 0.05) is 5.56 Å². The monoisotopic (exact) mass is 328 g/mol. The second-order valence-electron chi connectivity index (χ2n) is 4.93. The lowest BCUT2D eigenvalue weighted by Crippen LogP contribution is -2.04. The number of carbonyl (C=O) groups is 1. The average molecular weight is 328 g/mol. The fraction of sp³-hybridized carbons (Fsp3) is 0.118. The van der Waals surface area contributed by atoms with Crippen molar-refractivity contribution in [3.8, 4) is 11.5 Å². The van der Waals surface area contributed by atoms with E-state index in [4.69, 9.17) is 4.42 Å². The van der Waals surface area contributed by atoms with E-state index in [-0.39, 0.29) is 22.3 Å². The lowest BCUT2D eigenvalue weighted by atomic mass is 10.1. The van der Waals surface area contributed by atoms with E-state index in [9.17, 15) is 9.18 Å². The largest absolute Gasteiger partial charge is 0.411 e. The van der Waals surface area contributed by atoms with Gasteiger partial charge in [-0.2, -0.15) is 0 Å². The molecule has 0 spiro atoms. The van der Waals surface area contributed by atoms with Gasteiger partial charge in [-0.15, -0.1) is 10.2 Å². The fourth-order valence-corrected chi connectivity index (χ4v) is 2.62. The number of aromatic nitrogens is 2. The molecule has 0 N–H and O–H groups in total. The molecule has 0 saturated carbocycles. The van der Waals surface area contributed by atoms with Crippen molar-refractivity contribution in [3.05, 3.63) is 65.5 Å². The van der Waals surface area contributed by atoms with Gasteiger partial charge in [0.05, 0.1) is 11.3 Å². The second kappa shape index (κ2) is 6.75. The van der Waals surface area contributed by atoms with E-state index in [0.29, 0.717) is 5.89 Å². The Bertz CT molecular complexity index is 831. The van der Waals surface area contributed by atoms with Gasteiger partial charge in [0.2, 0.25) is 5.89 Å². The summed E-state index contributed by atoms with van der Waals surface area (Å²) in [4.78, 5) is 12.0. The first-order valence-electron chi connectivity index (χ1n) is 6.94. The Morgan fingerprint density at radius 1 is 1.13 bits per heavy atom. The number of aryl methyl sites for hydroxylation is 1. The minimum absolute atomic E-state index is 0.0382. The van der Waals surface area contributed by atoms with Gasteiger partial charge < -0.3 is 4.42 Å². The summed E-state index contributed by atoms with van der Waals surface area (Å²) in [5, 5.41) is 8.15. The highest BCUT2D eigenvalue weighted by Crippen LogP contribution is 2.24. The maximum absolute atomic E-state index is 13.5. The van der Waals surface area contributed by atoms with Gasteiger partial charge in [-0.1, -0.05) is 41.6 Å². The summed E-state index contributed by atoms with van der Waals surface area (Å²) in [6.07, 6.45) is 0. The highest BCUT2D eigenvalue weighted by atomic mass is 32.2. The third kappa shape index (κ3) is 3.65. The smallest absolute Gasteiger partial charge is 0.277 e. The minimum Gasteiger partial charge on any atom is -0.411 e. The molecule has 0 aliphatic carbocycles. The normalized spacial score (nSPS) is 10.7. The average Bonchev–Trinajstić information content (AvgIpc) is 3.03. The zero-order chi connectivity index (χ0) is 16.2. The van der Waals surface area contributed by atoms with Crippen LogP contribution in [0.15, 0.2) is 58.2 Å². The summed E-state index contributed by atoms with van der Waals surface area (Å²) >= 11 is 1.09. The molecule has 3 rings (SSSR count).